The van der Waals surface area contributed by atoms with E-state index in [1.165, 1.54) is 0 Å². The first-order valence-electron chi connectivity index (χ1n) is 9.89. The second-order valence-electron chi connectivity index (χ2n) is 7.70. The number of piperidine rings is 1. The van der Waals surface area contributed by atoms with Gasteiger partial charge in [0.2, 0.25) is 5.91 Å². The Kier molecular flexibility index (Phi) is 8.10. The van der Waals surface area contributed by atoms with Crippen LogP contribution in [0.5, 0.6) is 0 Å². The lowest BCUT2D eigenvalue weighted by Crippen LogP contribution is -2.47. The molecule has 1 aliphatic heterocycles. The molecule has 2 rings (SSSR count). The molecule has 0 aromatic heterocycles. The molecule has 1 fully saturated rings. The molecule has 1 aromatic carbocycles. The Bertz CT molecular complexity index is 633. The van der Waals surface area contributed by atoms with Crippen molar-refractivity contribution >= 4 is 11.9 Å². The van der Waals surface area contributed by atoms with Crippen molar-refractivity contribution in [2.75, 3.05) is 32.8 Å². The quantitative estimate of drug-likeness (QED) is 0.769. The van der Waals surface area contributed by atoms with E-state index in [4.69, 9.17) is 0 Å². The van der Waals surface area contributed by atoms with Crippen molar-refractivity contribution in [1.29, 1.82) is 0 Å². The van der Waals surface area contributed by atoms with E-state index >= 15 is 0 Å². The molecule has 0 aliphatic carbocycles. The predicted octanol–water partition coefficient (Wildman–Crippen LogP) is 2.39. The molecular weight excluding hydrogens is 342 g/mol. The molecule has 27 heavy (non-hydrogen) atoms. The number of likely N-dealkylation sites (tertiary alicyclic amines) is 1. The summed E-state index contributed by atoms with van der Waals surface area (Å²) in [5, 5.41) is 12.3. The standard InChI is InChI=1S/C21H33N3O3/c1-16(2)20(26)23-10-6-8-18(14-23)13-22-21(27)24(11-12-25)15-19-9-5-4-7-17(19)3/h4-5,7,9,16,18,25H,6,8,10-15H2,1-3H3,(H,22,27). The summed E-state index contributed by atoms with van der Waals surface area (Å²) < 4.78 is 0. The fourth-order valence-corrected chi connectivity index (χ4v) is 3.51. The Labute approximate surface area is 162 Å². The SMILES string of the molecule is Cc1ccccc1CN(CCO)C(=O)NCC1CCCN(C(=O)C(C)C)C1. The van der Waals surface area contributed by atoms with E-state index in [1.807, 2.05) is 49.9 Å². The van der Waals surface area contributed by atoms with Crippen molar-refractivity contribution in [2.24, 2.45) is 11.8 Å². The number of carbonyl (C=O) groups is 2. The third-order valence-electron chi connectivity index (χ3n) is 5.15. The van der Waals surface area contributed by atoms with Gasteiger partial charge in [0, 0.05) is 38.6 Å². The van der Waals surface area contributed by atoms with Gasteiger partial charge in [0.1, 0.15) is 0 Å². The number of aliphatic hydroxyl groups excluding tert-OH is 1. The maximum Gasteiger partial charge on any atom is 0.317 e. The first-order valence-corrected chi connectivity index (χ1v) is 9.89. The first-order chi connectivity index (χ1) is 12.9. The lowest BCUT2D eigenvalue weighted by molar-refractivity contribution is -0.136. The molecule has 1 heterocycles. The van der Waals surface area contributed by atoms with Crippen LogP contribution in [-0.2, 0) is 11.3 Å². The lowest BCUT2D eigenvalue weighted by atomic mass is 9.97. The maximum atomic E-state index is 12.6. The van der Waals surface area contributed by atoms with Crippen molar-refractivity contribution in [1.82, 2.24) is 15.1 Å². The van der Waals surface area contributed by atoms with Crippen molar-refractivity contribution in [3.8, 4) is 0 Å². The number of urea groups is 1. The zero-order chi connectivity index (χ0) is 19.8. The highest BCUT2D eigenvalue weighted by Crippen LogP contribution is 2.18. The molecule has 0 saturated carbocycles. The minimum absolute atomic E-state index is 0.00694. The molecule has 6 nitrogen and oxygen atoms in total. The van der Waals surface area contributed by atoms with E-state index < -0.39 is 0 Å². The summed E-state index contributed by atoms with van der Waals surface area (Å²) in [7, 11) is 0. The molecule has 150 valence electrons. The number of hydrogen-bond acceptors (Lipinski definition) is 3. The summed E-state index contributed by atoms with van der Waals surface area (Å²) in [5.41, 5.74) is 2.20. The number of amides is 3. The van der Waals surface area contributed by atoms with E-state index in [1.54, 1.807) is 4.90 Å². The number of carbonyl (C=O) groups excluding carboxylic acids is 2. The summed E-state index contributed by atoms with van der Waals surface area (Å²) in [6.45, 7) is 8.63. The zero-order valence-corrected chi connectivity index (χ0v) is 16.8. The molecule has 3 amide bonds. The van der Waals surface area contributed by atoms with Crippen LogP contribution in [0.25, 0.3) is 0 Å². The normalized spacial score (nSPS) is 17.1. The monoisotopic (exact) mass is 375 g/mol. The van der Waals surface area contributed by atoms with Crippen LogP contribution < -0.4 is 5.32 Å². The number of hydrogen-bond donors (Lipinski definition) is 2. The van der Waals surface area contributed by atoms with Crippen molar-refractivity contribution < 1.29 is 14.7 Å². The molecule has 2 N–H and O–H groups in total. The minimum Gasteiger partial charge on any atom is -0.395 e. The third-order valence-corrected chi connectivity index (χ3v) is 5.15. The molecule has 0 radical (unpaired) electrons. The van der Waals surface area contributed by atoms with Gasteiger partial charge in [-0.2, -0.15) is 0 Å². The second kappa shape index (κ2) is 10.3. The number of aliphatic hydroxyl groups is 1. The van der Waals surface area contributed by atoms with Crippen LogP contribution in [0.15, 0.2) is 24.3 Å². The predicted molar refractivity (Wildman–Crippen MR) is 106 cm³/mol. The van der Waals surface area contributed by atoms with Gasteiger partial charge in [-0.25, -0.2) is 4.79 Å². The Morgan fingerprint density at radius 1 is 1.33 bits per heavy atom. The highest BCUT2D eigenvalue weighted by atomic mass is 16.3. The first kappa shape index (κ1) is 21.2. The van der Waals surface area contributed by atoms with Crippen LogP contribution >= 0.6 is 0 Å². The number of aryl methyl sites for hydroxylation is 1. The van der Waals surface area contributed by atoms with Crippen molar-refractivity contribution in [2.45, 2.75) is 40.2 Å². The van der Waals surface area contributed by atoms with Gasteiger partial charge in [0.25, 0.3) is 0 Å². The van der Waals surface area contributed by atoms with Gasteiger partial charge in [0.15, 0.2) is 0 Å². The van der Waals surface area contributed by atoms with Crippen LogP contribution in [0, 0.1) is 18.8 Å². The number of benzene rings is 1. The number of nitrogens with one attached hydrogen (secondary N) is 1. The fraction of sp³-hybridized carbons (Fsp3) is 0.619. The van der Waals surface area contributed by atoms with Gasteiger partial charge >= 0.3 is 6.03 Å². The second-order valence-corrected chi connectivity index (χ2v) is 7.70. The van der Waals surface area contributed by atoms with E-state index in [2.05, 4.69) is 5.32 Å². The van der Waals surface area contributed by atoms with Gasteiger partial charge in [-0.05, 0) is 36.8 Å². The number of nitrogens with zero attached hydrogens (tertiary/aromatic N) is 2. The highest BCUT2D eigenvalue weighted by molar-refractivity contribution is 5.78. The van der Waals surface area contributed by atoms with Gasteiger partial charge in [-0.3, -0.25) is 4.79 Å². The van der Waals surface area contributed by atoms with Gasteiger partial charge in [0.05, 0.1) is 6.61 Å². The average Bonchev–Trinajstić information content (AvgIpc) is 2.67. The summed E-state index contributed by atoms with van der Waals surface area (Å²) >= 11 is 0. The van der Waals surface area contributed by atoms with Crippen LogP contribution in [0.4, 0.5) is 4.79 Å². The Hall–Kier alpha value is -2.08. The fourth-order valence-electron chi connectivity index (χ4n) is 3.51. The van der Waals surface area contributed by atoms with Crippen LogP contribution in [0.1, 0.15) is 37.8 Å². The minimum atomic E-state index is -0.167. The zero-order valence-electron chi connectivity index (χ0n) is 16.8. The smallest absolute Gasteiger partial charge is 0.317 e. The van der Waals surface area contributed by atoms with Gasteiger partial charge in [-0.15, -0.1) is 0 Å². The maximum absolute atomic E-state index is 12.6. The molecule has 1 atom stereocenters. The summed E-state index contributed by atoms with van der Waals surface area (Å²) in [4.78, 5) is 28.4. The van der Waals surface area contributed by atoms with Gasteiger partial charge in [-0.1, -0.05) is 38.1 Å². The molecule has 1 saturated heterocycles. The molecule has 1 aromatic rings. The highest BCUT2D eigenvalue weighted by Gasteiger charge is 2.26. The number of rotatable bonds is 7. The average molecular weight is 376 g/mol. The van der Waals surface area contributed by atoms with E-state index in [-0.39, 0.29) is 30.4 Å². The molecule has 6 heteroatoms. The van der Waals surface area contributed by atoms with Crippen molar-refractivity contribution in [3.63, 3.8) is 0 Å². The van der Waals surface area contributed by atoms with Crippen LogP contribution in [-0.4, -0.2) is 59.6 Å². The Morgan fingerprint density at radius 2 is 2.07 bits per heavy atom. The van der Waals surface area contributed by atoms with Gasteiger partial charge < -0.3 is 20.2 Å². The third kappa shape index (κ3) is 6.24. The van der Waals surface area contributed by atoms with E-state index in [0.29, 0.717) is 26.2 Å². The summed E-state index contributed by atoms with van der Waals surface area (Å²) in [5.74, 6) is 0.472. The molecule has 0 bridgehead atoms. The topological polar surface area (TPSA) is 72.9 Å². The van der Waals surface area contributed by atoms with Crippen LogP contribution in [0.3, 0.4) is 0 Å². The Morgan fingerprint density at radius 3 is 2.74 bits per heavy atom. The van der Waals surface area contributed by atoms with E-state index in [0.717, 1.165) is 30.5 Å². The molecule has 0 spiro atoms. The summed E-state index contributed by atoms with van der Waals surface area (Å²) in [6, 6.07) is 7.79. The Balaban J connectivity index is 1.89. The van der Waals surface area contributed by atoms with E-state index in [9.17, 15) is 14.7 Å². The van der Waals surface area contributed by atoms with Crippen LogP contribution in [0.2, 0.25) is 0 Å². The van der Waals surface area contributed by atoms with Crippen molar-refractivity contribution in [3.05, 3.63) is 35.4 Å². The molecule has 1 aliphatic rings. The summed E-state index contributed by atoms with van der Waals surface area (Å²) in [6.07, 6.45) is 1.99. The lowest BCUT2D eigenvalue weighted by Gasteiger charge is -2.34. The molecular formula is C21H33N3O3. The molecule has 1 unspecified atom stereocenters. The largest absolute Gasteiger partial charge is 0.395 e.